The van der Waals surface area contributed by atoms with Crippen LogP contribution in [0.5, 0.6) is 5.88 Å². The molecule has 1 N–H and O–H groups in total. The first kappa shape index (κ1) is 19.0. The molecule has 0 saturated heterocycles. The Morgan fingerprint density at radius 2 is 2.03 bits per heavy atom. The third-order valence-corrected chi connectivity index (χ3v) is 6.50. The number of anilines is 1. The molecule has 0 unspecified atom stereocenters. The van der Waals surface area contributed by atoms with Gasteiger partial charge in [0.15, 0.2) is 5.78 Å². The summed E-state index contributed by atoms with van der Waals surface area (Å²) in [6.07, 6.45) is 6.65. The molecule has 158 valence electrons. The summed E-state index contributed by atoms with van der Waals surface area (Å²) < 4.78 is 20.7. The Bertz CT molecular complexity index is 1370. The number of rotatable bonds is 2. The first-order valence-corrected chi connectivity index (χ1v) is 10.8. The van der Waals surface area contributed by atoms with Gasteiger partial charge in [-0.15, -0.1) is 0 Å². The number of fused-ring (bicyclic) bond motifs is 3. The van der Waals surface area contributed by atoms with Gasteiger partial charge in [-0.05, 0) is 64.9 Å². The van der Waals surface area contributed by atoms with Gasteiger partial charge in [-0.3, -0.25) is 4.79 Å². The van der Waals surface area contributed by atoms with Crippen molar-refractivity contribution < 1.29 is 13.9 Å². The SMILES string of the molecule is Cc1c(-c2cc(F)c3c(c2)/C(=C/C2=Cc4ccccc4C2)C(=O)C3)cnc2c1NCCO2. The fourth-order valence-corrected chi connectivity index (χ4v) is 4.87. The van der Waals surface area contributed by atoms with Crippen LogP contribution in [0.4, 0.5) is 10.1 Å². The Morgan fingerprint density at radius 1 is 1.16 bits per heavy atom. The minimum absolute atomic E-state index is 0.0386. The van der Waals surface area contributed by atoms with Crippen LogP contribution in [0.3, 0.4) is 0 Å². The first-order valence-electron chi connectivity index (χ1n) is 10.8. The molecule has 3 aromatic rings. The lowest BCUT2D eigenvalue weighted by Gasteiger charge is -2.21. The molecule has 0 amide bonds. The van der Waals surface area contributed by atoms with Gasteiger partial charge in [0, 0.05) is 35.9 Å². The second kappa shape index (κ2) is 7.16. The monoisotopic (exact) mass is 424 g/mol. The number of nitrogens with one attached hydrogen (secondary N) is 1. The van der Waals surface area contributed by atoms with Crippen LogP contribution in [0.1, 0.15) is 27.8 Å². The van der Waals surface area contributed by atoms with E-state index in [2.05, 4.69) is 28.5 Å². The van der Waals surface area contributed by atoms with Crippen LogP contribution >= 0.6 is 0 Å². The van der Waals surface area contributed by atoms with Gasteiger partial charge in [-0.25, -0.2) is 9.37 Å². The van der Waals surface area contributed by atoms with Crippen molar-refractivity contribution >= 4 is 23.1 Å². The number of Topliss-reactive ketones (excluding diaryl/α,β-unsaturated/α-hetero) is 1. The largest absolute Gasteiger partial charge is 0.474 e. The number of ether oxygens (including phenoxy) is 1. The van der Waals surface area contributed by atoms with Crippen LogP contribution in [0.25, 0.3) is 22.8 Å². The molecule has 0 fully saturated rings. The number of carbonyl (C=O) groups excluding carboxylic acids is 1. The van der Waals surface area contributed by atoms with Crippen molar-refractivity contribution in [1.82, 2.24) is 4.98 Å². The zero-order valence-corrected chi connectivity index (χ0v) is 17.7. The van der Waals surface area contributed by atoms with Gasteiger partial charge in [0.05, 0.1) is 0 Å². The summed E-state index contributed by atoms with van der Waals surface area (Å²) in [5, 5.41) is 3.33. The van der Waals surface area contributed by atoms with Gasteiger partial charge in [0.2, 0.25) is 5.88 Å². The Hall–Kier alpha value is -3.73. The maximum atomic E-state index is 15.1. The van der Waals surface area contributed by atoms with Crippen molar-refractivity contribution in [2.75, 3.05) is 18.5 Å². The van der Waals surface area contributed by atoms with Crippen LogP contribution < -0.4 is 10.1 Å². The van der Waals surface area contributed by atoms with E-state index in [1.54, 1.807) is 6.20 Å². The Balaban J connectivity index is 1.44. The Morgan fingerprint density at radius 3 is 2.91 bits per heavy atom. The number of nitrogens with zero attached hydrogens (tertiary/aromatic N) is 1. The summed E-state index contributed by atoms with van der Waals surface area (Å²) in [7, 11) is 0. The molecule has 0 saturated carbocycles. The van der Waals surface area contributed by atoms with Gasteiger partial charge < -0.3 is 10.1 Å². The third kappa shape index (κ3) is 2.96. The fourth-order valence-electron chi connectivity index (χ4n) is 4.87. The maximum Gasteiger partial charge on any atom is 0.237 e. The molecule has 5 heteroatoms. The Kier molecular flexibility index (Phi) is 4.25. The minimum Gasteiger partial charge on any atom is -0.474 e. The highest BCUT2D eigenvalue weighted by Gasteiger charge is 2.29. The molecule has 0 bridgehead atoms. The van der Waals surface area contributed by atoms with Gasteiger partial charge >= 0.3 is 0 Å². The van der Waals surface area contributed by atoms with E-state index < -0.39 is 0 Å². The fraction of sp³-hybridized carbons (Fsp3) is 0.185. The lowest BCUT2D eigenvalue weighted by atomic mass is 9.95. The van der Waals surface area contributed by atoms with Crippen LogP contribution in [0.2, 0.25) is 0 Å². The van der Waals surface area contributed by atoms with E-state index >= 15 is 4.39 Å². The zero-order chi connectivity index (χ0) is 21.8. The number of benzene rings is 2. The minimum atomic E-state index is -0.348. The predicted molar refractivity (Wildman–Crippen MR) is 123 cm³/mol. The van der Waals surface area contributed by atoms with Gasteiger partial charge in [-0.1, -0.05) is 30.3 Å². The number of pyridine rings is 1. The van der Waals surface area contributed by atoms with Crippen LogP contribution in [-0.2, 0) is 17.6 Å². The molecule has 1 aromatic heterocycles. The molecule has 32 heavy (non-hydrogen) atoms. The first-order chi connectivity index (χ1) is 15.6. The second-order valence-electron chi connectivity index (χ2n) is 8.49. The molecule has 6 rings (SSSR count). The number of ketones is 1. The van der Waals surface area contributed by atoms with Crippen LogP contribution in [-0.4, -0.2) is 23.9 Å². The van der Waals surface area contributed by atoms with Gasteiger partial charge in [0.25, 0.3) is 0 Å². The third-order valence-electron chi connectivity index (χ3n) is 6.50. The Labute approximate surface area is 185 Å². The quantitative estimate of drug-likeness (QED) is 0.578. The molecule has 0 spiro atoms. The standard InChI is InChI=1S/C27H21FN2O2/c1-15-23(14-30-27-26(15)29-6-7-32-27)19-11-20-21(24(28)12-19)13-25(31)22(20)10-16-8-17-4-2-3-5-18(17)9-16/h2-5,8,10-12,14,29H,6-7,9,13H2,1H3/b22-10-. The summed E-state index contributed by atoms with van der Waals surface area (Å²) in [6.45, 7) is 3.25. The molecule has 2 aromatic carbocycles. The number of carbonyl (C=O) groups is 1. The topological polar surface area (TPSA) is 51.2 Å². The number of aromatic nitrogens is 1. The van der Waals surface area contributed by atoms with E-state index in [0.717, 1.165) is 28.8 Å². The molecule has 0 atom stereocenters. The molecular formula is C27H21FN2O2. The molecule has 0 radical (unpaired) electrons. The average molecular weight is 424 g/mol. The van der Waals surface area contributed by atoms with Crippen molar-refractivity contribution in [3.05, 3.63) is 87.9 Å². The number of halogens is 1. The van der Waals surface area contributed by atoms with Crippen LogP contribution in [0.15, 0.2) is 54.2 Å². The molecular weight excluding hydrogens is 403 g/mol. The number of hydrogen-bond donors (Lipinski definition) is 1. The molecule has 4 nitrogen and oxygen atoms in total. The van der Waals surface area contributed by atoms with E-state index in [9.17, 15) is 4.79 Å². The van der Waals surface area contributed by atoms with E-state index in [4.69, 9.17) is 4.74 Å². The summed E-state index contributed by atoms with van der Waals surface area (Å²) in [6, 6.07) is 11.7. The zero-order valence-electron chi connectivity index (χ0n) is 17.7. The lowest BCUT2D eigenvalue weighted by molar-refractivity contribution is -0.112. The molecule has 1 aliphatic heterocycles. The van der Waals surface area contributed by atoms with Crippen molar-refractivity contribution in [3.8, 4) is 17.0 Å². The summed E-state index contributed by atoms with van der Waals surface area (Å²) in [5.41, 5.74) is 8.58. The molecule has 2 aliphatic carbocycles. The van der Waals surface area contributed by atoms with Crippen molar-refractivity contribution in [1.29, 1.82) is 0 Å². The van der Waals surface area contributed by atoms with E-state index in [1.807, 2.05) is 31.2 Å². The van der Waals surface area contributed by atoms with Crippen LogP contribution in [0, 0.1) is 12.7 Å². The van der Waals surface area contributed by atoms with E-state index in [-0.39, 0.29) is 18.0 Å². The second-order valence-corrected chi connectivity index (χ2v) is 8.49. The maximum absolute atomic E-state index is 15.1. The number of hydrogen-bond acceptors (Lipinski definition) is 4. The average Bonchev–Trinajstić information content (AvgIpc) is 3.35. The van der Waals surface area contributed by atoms with E-state index in [1.165, 1.54) is 17.2 Å². The lowest BCUT2D eigenvalue weighted by Crippen LogP contribution is -2.20. The van der Waals surface area contributed by atoms with Crippen molar-refractivity contribution in [2.45, 2.75) is 19.8 Å². The highest BCUT2D eigenvalue weighted by molar-refractivity contribution is 6.26. The summed E-state index contributed by atoms with van der Waals surface area (Å²) in [4.78, 5) is 17.3. The predicted octanol–water partition coefficient (Wildman–Crippen LogP) is 5.15. The van der Waals surface area contributed by atoms with Crippen molar-refractivity contribution in [2.24, 2.45) is 0 Å². The highest BCUT2D eigenvalue weighted by atomic mass is 19.1. The van der Waals surface area contributed by atoms with Gasteiger partial charge in [0.1, 0.15) is 18.1 Å². The summed E-state index contributed by atoms with van der Waals surface area (Å²) in [5.74, 6) is 0.185. The molecule has 2 heterocycles. The smallest absolute Gasteiger partial charge is 0.237 e. The van der Waals surface area contributed by atoms with Crippen molar-refractivity contribution in [3.63, 3.8) is 0 Å². The molecule has 3 aliphatic rings. The summed E-state index contributed by atoms with van der Waals surface area (Å²) >= 11 is 0. The normalized spacial score (nSPS) is 17.4. The van der Waals surface area contributed by atoms with Gasteiger partial charge in [-0.2, -0.15) is 0 Å². The van der Waals surface area contributed by atoms with E-state index in [0.29, 0.717) is 41.3 Å². The number of allylic oxidation sites excluding steroid dienone is 3. The highest BCUT2D eigenvalue weighted by Crippen LogP contribution is 2.40.